The van der Waals surface area contributed by atoms with Gasteiger partial charge in [-0.05, 0) is 68.7 Å². The summed E-state index contributed by atoms with van der Waals surface area (Å²) in [5, 5.41) is 7.83. The summed E-state index contributed by atoms with van der Waals surface area (Å²) in [6.45, 7) is 6.39. The van der Waals surface area contributed by atoms with Crippen molar-refractivity contribution in [2.45, 2.75) is 57.4 Å². The van der Waals surface area contributed by atoms with Crippen LogP contribution in [0, 0.1) is 5.41 Å². The van der Waals surface area contributed by atoms with E-state index >= 15 is 0 Å². The molecule has 0 radical (unpaired) electrons. The van der Waals surface area contributed by atoms with Crippen LogP contribution in [-0.4, -0.2) is 62.2 Å². The fourth-order valence-corrected chi connectivity index (χ4v) is 5.70. The number of nitrogens with zero attached hydrogens (tertiary/aromatic N) is 2. The molecule has 1 amide bonds. The van der Waals surface area contributed by atoms with E-state index in [2.05, 4.69) is 5.32 Å². The number of aromatic nitrogens is 2. The van der Waals surface area contributed by atoms with E-state index in [4.69, 9.17) is 14.6 Å². The summed E-state index contributed by atoms with van der Waals surface area (Å²) < 4.78 is 36.6. The third-order valence-electron chi connectivity index (χ3n) is 7.00. The van der Waals surface area contributed by atoms with Gasteiger partial charge in [0.05, 0.1) is 28.5 Å². The van der Waals surface area contributed by atoms with Gasteiger partial charge in [0.15, 0.2) is 9.84 Å². The van der Waals surface area contributed by atoms with Gasteiger partial charge in [-0.3, -0.25) is 9.48 Å². The van der Waals surface area contributed by atoms with Crippen LogP contribution < -0.4 is 5.32 Å². The number of amides is 1. The first-order valence-corrected chi connectivity index (χ1v) is 13.9. The van der Waals surface area contributed by atoms with E-state index < -0.39 is 15.8 Å². The van der Waals surface area contributed by atoms with Crippen LogP contribution in [0.4, 0.5) is 0 Å². The molecule has 0 bridgehead atoms. The summed E-state index contributed by atoms with van der Waals surface area (Å²) in [6.07, 6.45) is 3.75. The first-order valence-electron chi connectivity index (χ1n) is 12.2. The zero-order valence-electron chi connectivity index (χ0n) is 20.3. The summed E-state index contributed by atoms with van der Waals surface area (Å²) in [6, 6.07) is 5.80. The van der Waals surface area contributed by atoms with Crippen LogP contribution in [-0.2, 0) is 38.7 Å². The molecular formula is C25H33N3O6S. The Labute approximate surface area is 206 Å². The van der Waals surface area contributed by atoms with Crippen molar-refractivity contribution in [1.29, 1.82) is 0 Å². The van der Waals surface area contributed by atoms with Gasteiger partial charge in [0, 0.05) is 31.9 Å². The molecule has 1 N–H and O–H groups in total. The molecule has 4 rings (SSSR count). The molecule has 190 valence electrons. The van der Waals surface area contributed by atoms with E-state index in [0.29, 0.717) is 50.4 Å². The van der Waals surface area contributed by atoms with Crippen molar-refractivity contribution in [2.24, 2.45) is 5.41 Å². The Bertz CT molecular complexity index is 1180. The first-order chi connectivity index (χ1) is 16.8. The summed E-state index contributed by atoms with van der Waals surface area (Å²) in [5.41, 5.74) is 2.82. The minimum atomic E-state index is -3.31. The second-order valence-electron chi connectivity index (χ2n) is 9.23. The number of sulfone groups is 1. The van der Waals surface area contributed by atoms with Gasteiger partial charge in [0.2, 0.25) is 0 Å². The lowest BCUT2D eigenvalue weighted by molar-refractivity contribution is 0.0160. The monoisotopic (exact) mass is 503 g/mol. The Kier molecular flexibility index (Phi) is 7.61. The largest absolute Gasteiger partial charge is 0.462 e. The van der Waals surface area contributed by atoms with Crippen molar-refractivity contribution < 1.29 is 27.5 Å². The van der Waals surface area contributed by atoms with Gasteiger partial charge in [-0.15, -0.1) is 0 Å². The molecule has 1 saturated heterocycles. The summed E-state index contributed by atoms with van der Waals surface area (Å²) in [7, 11) is -3.31. The Hall–Kier alpha value is -2.72. The van der Waals surface area contributed by atoms with Gasteiger partial charge in [0.25, 0.3) is 5.91 Å². The van der Waals surface area contributed by atoms with Gasteiger partial charge in [0.1, 0.15) is 5.69 Å². The average Bonchev–Trinajstić information content (AvgIpc) is 3.15. The lowest BCUT2D eigenvalue weighted by Gasteiger charge is -2.36. The zero-order valence-corrected chi connectivity index (χ0v) is 21.2. The van der Waals surface area contributed by atoms with Crippen molar-refractivity contribution in [2.75, 3.05) is 32.1 Å². The molecule has 0 unspecified atom stereocenters. The average molecular weight is 504 g/mol. The number of fused-ring (bicyclic) bond motifs is 1. The molecule has 1 aromatic heterocycles. The molecule has 1 aromatic carbocycles. The molecule has 3 heterocycles. The maximum absolute atomic E-state index is 12.9. The fourth-order valence-electron chi connectivity index (χ4n) is 4.82. The standard InChI is InChI=1S/C25H33N3O6S/c1-3-28-22-20(16-25(17-26-23(22)29)11-14-33-15-12-25)21(27-28)6-5-13-34-24(30)18-7-9-19(10-8-18)35(31,32)4-2/h7-10H,3-6,11-17H2,1-2H3,(H,26,29). The number of aryl methyl sites for hydroxylation is 2. The highest BCUT2D eigenvalue weighted by Gasteiger charge is 2.39. The number of ether oxygens (including phenoxy) is 2. The Morgan fingerprint density at radius 3 is 2.57 bits per heavy atom. The summed E-state index contributed by atoms with van der Waals surface area (Å²) in [4.78, 5) is 25.5. The van der Waals surface area contributed by atoms with Crippen LogP contribution in [0.15, 0.2) is 29.2 Å². The smallest absolute Gasteiger partial charge is 0.338 e. The zero-order chi connectivity index (χ0) is 25.1. The van der Waals surface area contributed by atoms with Gasteiger partial charge in [-0.1, -0.05) is 6.92 Å². The molecule has 10 heteroatoms. The number of nitrogens with one attached hydrogen (secondary N) is 1. The molecule has 2 aliphatic heterocycles. The molecule has 0 aliphatic carbocycles. The first kappa shape index (κ1) is 25.4. The summed E-state index contributed by atoms with van der Waals surface area (Å²) >= 11 is 0. The second kappa shape index (κ2) is 10.5. The van der Waals surface area contributed by atoms with Gasteiger partial charge in [-0.25, -0.2) is 13.2 Å². The van der Waals surface area contributed by atoms with Crippen molar-refractivity contribution in [3.8, 4) is 0 Å². The highest BCUT2D eigenvalue weighted by atomic mass is 32.2. The number of hydrogen-bond donors (Lipinski definition) is 1. The molecule has 2 aromatic rings. The molecule has 1 fully saturated rings. The number of esters is 1. The predicted molar refractivity (Wildman–Crippen MR) is 129 cm³/mol. The third-order valence-corrected chi connectivity index (χ3v) is 8.75. The van der Waals surface area contributed by atoms with Gasteiger partial charge < -0.3 is 14.8 Å². The Morgan fingerprint density at radius 1 is 1.20 bits per heavy atom. The molecule has 0 saturated carbocycles. The SMILES string of the molecule is CCn1nc(CCCOC(=O)c2ccc(S(=O)(=O)CC)cc2)c2c1C(=O)NCC1(CCOCC1)C2. The lowest BCUT2D eigenvalue weighted by atomic mass is 9.75. The van der Waals surface area contributed by atoms with E-state index in [9.17, 15) is 18.0 Å². The van der Waals surface area contributed by atoms with Gasteiger partial charge in [-0.2, -0.15) is 5.10 Å². The number of hydrogen-bond acceptors (Lipinski definition) is 7. The maximum atomic E-state index is 12.9. The van der Waals surface area contributed by atoms with E-state index in [0.717, 1.165) is 30.5 Å². The van der Waals surface area contributed by atoms with Crippen molar-refractivity contribution >= 4 is 21.7 Å². The topological polar surface area (TPSA) is 117 Å². The molecule has 2 aliphatic rings. The van der Waals surface area contributed by atoms with Crippen LogP contribution in [0.25, 0.3) is 0 Å². The normalized spacial score (nSPS) is 17.5. The minimum Gasteiger partial charge on any atom is -0.462 e. The van der Waals surface area contributed by atoms with Crippen LogP contribution in [0.2, 0.25) is 0 Å². The van der Waals surface area contributed by atoms with Gasteiger partial charge >= 0.3 is 5.97 Å². The highest BCUT2D eigenvalue weighted by molar-refractivity contribution is 7.91. The number of carbonyl (C=O) groups excluding carboxylic acids is 2. The van der Waals surface area contributed by atoms with E-state index in [1.165, 1.54) is 24.3 Å². The molecule has 0 atom stereocenters. The quantitative estimate of drug-likeness (QED) is 0.435. The summed E-state index contributed by atoms with van der Waals surface area (Å²) in [5.74, 6) is -0.571. The number of carbonyl (C=O) groups is 2. The molecular weight excluding hydrogens is 470 g/mol. The Morgan fingerprint density at radius 2 is 1.91 bits per heavy atom. The second-order valence-corrected chi connectivity index (χ2v) is 11.5. The third kappa shape index (κ3) is 5.43. The highest BCUT2D eigenvalue weighted by Crippen LogP contribution is 2.37. The maximum Gasteiger partial charge on any atom is 0.338 e. The molecule has 9 nitrogen and oxygen atoms in total. The van der Waals surface area contributed by atoms with Crippen LogP contribution >= 0.6 is 0 Å². The van der Waals surface area contributed by atoms with Crippen molar-refractivity contribution in [3.63, 3.8) is 0 Å². The van der Waals surface area contributed by atoms with E-state index in [1.807, 2.05) is 6.92 Å². The van der Waals surface area contributed by atoms with Crippen LogP contribution in [0.5, 0.6) is 0 Å². The van der Waals surface area contributed by atoms with E-state index in [-0.39, 0.29) is 28.6 Å². The number of rotatable bonds is 8. The predicted octanol–water partition coefficient (Wildman–Crippen LogP) is 2.57. The fraction of sp³-hybridized carbons (Fsp3) is 0.560. The van der Waals surface area contributed by atoms with Crippen molar-refractivity contribution in [1.82, 2.24) is 15.1 Å². The lowest BCUT2D eigenvalue weighted by Crippen LogP contribution is -2.40. The molecule has 1 spiro atoms. The Balaban J connectivity index is 1.41. The minimum absolute atomic E-state index is 0.00481. The van der Waals surface area contributed by atoms with Crippen LogP contribution in [0.1, 0.15) is 65.2 Å². The molecule has 35 heavy (non-hydrogen) atoms. The van der Waals surface area contributed by atoms with Crippen LogP contribution in [0.3, 0.4) is 0 Å². The number of benzene rings is 1. The van der Waals surface area contributed by atoms with Crippen molar-refractivity contribution in [3.05, 3.63) is 46.8 Å². The van der Waals surface area contributed by atoms with E-state index in [1.54, 1.807) is 11.6 Å².